The molecule has 1 aromatic carbocycles. The van der Waals surface area contributed by atoms with Gasteiger partial charge in [-0.1, -0.05) is 30.3 Å². The SMILES string of the molecule is CN(Cc1ccccc1)C(=O)Cn1cnc(C#N)c1C#N. The molecule has 0 unspecified atom stereocenters. The lowest BCUT2D eigenvalue weighted by Crippen LogP contribution is -2.29. The minimum Gasteiger partial charge on any atom is -0.340 e. The molecule has 1 heterocycles. The fourth-order valence-electron chi connectivity index (χ4n) is 1.91. The zero-order valence-electron chi connectivity index (χ0n) is 11.5. The summed E-state index contributed by atoms with van der Waals surface area (Å²) in [5.74, 6) is -0.155. The van der Waals surface area contributed by atoms with Crippen LogP contribution in [0.2, 0.25) is 0 Å². The molecule has 1 amide bonds. The number of likely N-dealkylation sites (N-methyl/N-ethyl adjacent to an activating group) is 1. The Hall–Kier alpha value is -3.12. The van der Waals surface area contributed by atoms with Crippen LogP contribution in [-0.2, 0) is 17.9 Å². The fourth-order valence-corrected chi connectivity index (χ4v) is 1.91. The van der Waals surface area contributed by atoms with Gasteiger partial charge >= 0.3 is 0 Å². The molecule has 2 rings (SSSR count). The van der Waals surface area contributed by atoms with E-state index in [0.717, 1.165) is 5.56 Å². The van der Waals surface area contributed by atoms with Crippen molar-refractivity contribution in [1.82, 2.24) is 14.5 Å². The minimum atomic E-state index is -0.155. The number of carbonyl (C=O) groups excluding carboxylic acids is 1. The Balaban J connectivity index is 2.07. The van der Waals surface area contributed by atoms with Crippen LogP contribution in [0.1, 0.15) is 17.0 Å². The number of rotatable bonds is 4. The maximum absolute atomic E-state index is 12.2. The van der Waals surface area contributed by atoms with Crippen LogP contribution in [0.3, 0.4) is 0 Å². The molecular weight excluding hydrogens is 266 g/mol. The molecule has 0 fully saturated rings. The van der Waals surface area contributed by atoms with E-state index in [0.29, 0.717) is 6.54 Å². The van der Waals surface area contributed by atoms with Gasteiger partial charge in [-0.2, -0.15) is 10.5 Å². The number of imidazole rings is 1. The van der Waals surface area contributed by atoms with E-state index in [-0.39, 0.29) is 23.8 Å². The predicted octanol–water partition coefficient (Wildman–Crippen LogP) is 1.29. The van der Waals surface area contributed by atoms with Gasteiger partial charge < -0.3 is 9.47 Å². The molecule has 0 aliphatic rings. The van der Waals surface area contributed by atoms with Crippen LogP contribution in [0, 0.1) is 22.7 Å². The topological polar surface area (TPSA) is 85.7 Å². The summed E-state index contributed by atoms with van der Waals surface area (Å²) in [5, 5.41) is 17.8. The van der Waals surface area contributed by atoms with Crippen molar-refractivity contribution in [3.05, 3.63) is 53.6 Å². The summed E-state index contributed by atoms with van der Waals surface area (Å²) in [4.78, 5) is 17.5. The van der Waals surface area contributed by atoms with E-state index in [9.17, 15) is 4.79 Å². The Morgan fingerprint density at radius 3 is 2.62 bits per heavy atom. The highest BCUT2D eigenvalue weighted by molar-refractivity contribution is 5.76. The number of amides is 1. The number of carbonyl (C=O) groups is 1. The smallest absolute Gasteiger partial charge is 0.242 e. The van der Waals surface area contributed by atoms with Crippen LogP contribution in [0.5, 0.6) is 0 Å². The van der Waals surface area contributed by atoms with Gasteiger partial charge in [0.05, 0.1) is 6.33 Å². The summed E-state index contributed by atoms with van der Waals surface area (Å²) < 4.78 is 1.39. The van der Waals surface area contributed by atoms with Gasteiger partial charge in [0.25, 0.3) is 0 Å². The van der Waals surface area contributed by atoms with E-state index in [1.807, 2.05) is 42.5 Å². The zero-order chi connectivity index (χ0) is 15.2. The Kier molecular flexibility index (Phi) is 4.33. The Morgan fingerprint density at radius 2 is 2.00 bits per heavy atom. The largest absolute Gasteiger partial charge is 0.340 e. The normalized spacial score (nSPS) is 9.67. The van der Waals surface area contributed by atoms with E-state index in [1.54, 1.807) is 11.9 Å². The van der Waals surface area contributed by atoms with E-state index >= 15 is 0 Å². The lowest BCUT2D eigenvalue weighted by atomic mass is 10.2. The van der Waals surface area contributed by atoms with Crippen molar-refractivity contribution < 1.29 is 4.79 Å². The average molecular weight is 279 g/mol. The number of benzene rings is 1. The highest BCUT2D eigenvalue weighted by atomic mass is 16.2. The maximum Gasteiger partial charge on any atom is 0.242 e. The first-order valence-electron chi connectivity index (χ1n) is 6.29. The second-order valence-electron chi connectivity index (χ2n) is 4.53. The van der Waals surface area contributed by atoms with Crippen molar-refractivity contribution in [3.8, 4) is 12.1 Å². The van der Waals surface area contributed by atoms with Gasteiger partial charge in [-0.3, -0.25) is 4.79 Å². The Bertz CT molecular complexity index is 721. The molecule has 0 aliphatic heterocycles. The van der Waals surface area contributed by atoms with Crippen molar-refractivity contribution in [2.45, 2.75) is 13.1 Å². The second kappa shape index (κ2) is 6.36. The van der Waals surface area contributed by atoms with E-state index < -0.39 is 0 Å². The minimum absolute atomic E-state index is 0.0130. The summed E-state index contributed by atoms with van der Waals surface area (Å²) in [5.41, 5.74) is 1.17. The Morgan fingerprint density at radius 1 is 1.29 bits per heavy atom. The van der Waals surface area contributed by atoms with Gasteiger partial charge in [0.2, 0.25) is 5.91 Å². The van der Waals surface area contributed by atoms with Crippen LogP contribution in [0.25, 0.3) is 0 Å². The quantitative estimate of drug-likeness (QED) is 0.843. The van der Waals surface area contributed by atoms with Crippen molar-refractivity contribution in [2.75, 3.05) is 7.05 Å². The van der Waals surface area contributed by atoms with Crippen LogP contribution in [-0.4, -0.2) is 27.4 Å². The number of nitriles is 2. The van der Waals surface area contributed by atoms with Gasteiger partial charge in [0.1, 0.15) is 18.7 Å². The van der Waals surface area contributed by atoms with Crippen LogP contribution >= 0.6 is 0 Å². The highest BCUT2D eigenvalue weighted by Crippen LogP contribution is 2.07. The fraction of sp³-hybridized carbons (Fsp3) is 0.200. The molecule has 0 spiro atoms. The van der Waals surface area contributed by atoms with E-state index in [2.05, 4.69) is 4.98 Å². The lowest BCUT2D eigenvalue weighted by Gasteiger charge is -2.17. The molecule has 0 atom stereocenters. The standard InChI is InChI=1S/C15H13N5O/c1-19(9-12-5-3-2-4-6-12)15(21)10-20-11-18-13(7-16)14(20)8-17/h2-6,11H,9-10H2,1H3. The lowest BCUT2D eigenvalue weighted by molar-refractivity contribution is -0.131. The molecule has 6 heteroatoms. The van der Waals surface area contributed by atoms with Crippen molar-refractivity contribution in [3.63, 3.8) is 0 Å². The molecule has 0 aliphatic carbocycles. The summed E-state index contributed by atoms with van der Waals surface area (Å²) in [6.45, 7) is 0.474. The number of hydrogen-bond donors (Lipinski definition) is 0. The monoisotopic (exact) mass is 279 g/mol. The molecule has 104 valence electrons. The predicted molar refractivity (Wildman–Crippen MR) is 74.6 cm³/mol. The average Bonchev–Trinajstić information content (AvgIpc) is 2.89. The molecule has 6 nitrogen and oxygen atoms in total. The van der Waals surface area contributed by atoms with Crippen LogP contribution in [0.15, 0.2) is 36.7 Å². The molecule has 0 saturated carbocycles. The maximum atomic E-state index is 12.2. The van der Waals surface area contributed by atoms with Crippen LogP contribution in [0.4, 0.5) is 0 Å². The third kappa shape index (κ3) is 3.26. The third-order valence-corrected chi connectivity index (χ3v) is 3.04. The van der Waals surface area contributed by atoms with E-state index in [4.69, 9.17) is 10.5 Å². The first-order chi connectivity index (χ1) is 10.2. The molecular formula is C15H13N5O. The molecule has 0 radical (unpaired) electrons. The second-order valence-corrected chi connectivity index (χ2v) is 4.53. The van der Waals surface area contributed by atoms with Crippen molar-refractivity contribution in [1.29, 1.82) is 10.5 Å². The Labute approximate surface area is 122 Å². The summed E-state index contributed by atoms with van der Waals surface area (Å²) in [6.07, 6.45) is 1.34. The first kappa shape index (κ1) is 14.3. The zero-order valence-corrected chi connectivity index (χ0v) is 11.5. The first-order valence-corrected chi connectivity index (χ1v) is 6.29. The van der Waals surface area contributed by atoms with Crippen LogP contribution < -0.4 is 0 Å². The van der Waals surface area contributed by atoms with Gasteiger partial charge in [0.15, 0.2) is 11.4 Å². The number of hydrogen-bond acceptors (Lipinski definition) is 4. The summed E-state index contributed by atoms with van der Waals surface area (Å²) in [6, 6.07) is 13.3. The third-order valence-electron chi connectivity index (χ3n) is 3.04. The van der Waals surface area contributed by atoms with Gasteiger partial charge in [-0.15, -0.1) is 0 Å². The number of nitrogens with zero attached hydrogens (tertiary/aromatic N) is 5. The molecule has 0 bridgehead atoms. The molecule has 1 aromatic heterocycles. The molecule has 0 saturated heterocycles. The van der Waals surface area contributed by atoms with E-state index in [1.165, 1.54) is 10.9 Å². The summed E-state index contributed by atoms with van der Waals surface area (Å²) >= 11 is 0. The van der Waals surface area contributed by atoms with Crippen molar-refractivity contribution >= 4 is 5.91 Å². The number of aromatic nitrogens is 2. The van der Waals surface area contributed by atoms with Gasteiger partial charge in [-0.05, 0) is 5.56 Å². The van der Waals surface area contributed by atoms with Gasteiger partial charge in [0, 0.05) is 13.6 Å². The van der Waals surface area contributed by atoms with Crippen molar-refractivity contribution in [2.24, 2.45) is 0 Å². The van der Waals surface area contributed by atoms with Gasteiger partial charge in [-0.25, -0.2) is 4.98 Å². The molecule has 21 heavy (non-hydrogen) atoms. The highest BCUT2D eigenvalue weighted by Gasteiger charge is 2.15. The molecule has 0 N–H and O–H groups in total. The molecule has 2 aromatic rings. The summed E-state index contributed by atoms with van der Waals surface area (Å²) in [7, 11) is 1.70.